The number of nitrogens with zero attached hydrogens (tertiary/aromatic N) is 4. The molecule has 0 radical (unpaired) electrons. The van der Waals surface area contributed by atoms with Crippen LogP contribution < -0.4 is 11.1 Å². The van der Waals surface area contributed by atoms with E-state index in [0.717, 1.165) is 23.4 Å². The van der Waals surface area contributed by atoms with Crippen LogP contribution in [0.15, 0.2) is 72.1 Å². The lowest BCUT2D eigenvalue weighted by Crippen LogP contribution is -2.33. The molecule has 0 aliphatic carbocycles. The molecule has 122 valence electrons. The highest BCUT2D eigenvalue weighted by molar-refractivity contribution is 5.77. The van der Waals surface area contributed by atoms with Gasteiger partial charge in [0.15, 0.2) is 5.96 Å². The molecule has 3 N–H and O–H groups in total. The smallest absolute Gasteiger partial charge is 0.188 e. The maximum absolute atomic E-state index is 5.90. The Morgan fingerprint density at radius 2 is 1.96 bits per heavy atom. The van der Waals surface area contributed by atoms with E-state index in [1.54, 1.807) is 12.4 Å². The third kappa shape index (κ3) is 4.42. The summed E-state index contributed by atoms with van der Waals surface area (Å²) in [5.41, 5.74) is 9.05. The Morgan fingerprint density at radius 1 is 1.08 bits per heavy atom. The second-order valence-electron chi connectivity index (χ2n) is 5.32. The van der Waals surface area contributed by atoms with Crippen molar-refractivity contribution < 1.29 is 0 Å². The fourth-order valence-electron chi connectivity index (χ4n) is 2.27. The summed E-state index contributed by atoms with van der Waals surface area (Å²) in [4.78, 5) is 8.63. The molecule has 0 saturated carbocycles. The molecule has 1 aromatic carbocycles. The summed E-state index contributed by atoms with van der Waals surface area (Å²) in [6.07, 6.45) is 6.28. The SMILES string of the molecule is NC(=NCc1ccc(-n2cccn2)cc1)NCCc1ccccn1. The zero-order chi connectivity index (χ0) is 16.6. The molecule has 0 saturated heterocycles. The number of hydrogen-bond donors (Lipinski definition) is 2. The van der Waals surface area contributed by atoms with Crippen molar-refractivity contribution in [2.24, 2.45) is 10.7 Å². The third-order valence-electron chi connectivity index (χ3n) is 3.55. The summed E-state index contributed by atoms with van der Waals surface area (Å²) in [6, 6.07) is 15.9. The molecule has 24 heavy (non-hydrogen) atoms. The van der Waals surface area contributed by atoms with Crippen LogP contribution in [0.5, 0.6) is 0 Å². The van der Waals surface area contributed by atoms with Crippen molar-refractivity contribution in [3.63, 3.8) is 0 Å². The van der Waals surface area contributed by atoms with Gasteiger partial charge in [-0.1, -0.05) is 18.2 Å². The molecule has 0 bridgehead atoms. The van der Waals surface area contributed by atoms with Gasteiger partial charge in [0.1, 0.15) is 0 Å². The first-order valence-electron chi connectivity index (χ1n) is 7.84. The van der Waals surface area contributed by atoms with Crippen molar-refractivity contribution in [3.8, 4) is 5.69 Å². The first-order chi connectivity index (χ1) is 11.8. The van der Waals surface area contributed by atoms with Crippen molar-refractivity contribution in [3.05, 3.63) is 78.4 Å². The van der Waals surface area contributed by atoms with Gasteiger partial charge >= 0.3 is 0 Å². The summed E-state index contributed by atoms with van der Waals surface area (Å²) in [7, 11) is 0. The van der Waals surface area contributed by atoms with E-state index in [9.17, 15) is 0 Å². The lowest BCUT2D eigenvalue weighted by atomic mass is 10.2. The zero-order valence-corrected chi connectivity index (χ0v) is 13.3. The Balaban J connectivity index is 1.48. The van der Waals surface area contributed by atoms with Crippen LogP contribution in [0.1, 0.15) is 11.3 Å². The summed E-state index contributed by atoms with van der Waals surface area (Å²) in [6.45, 7) is 1.26. The second kappa shape index (κ2) is 7.92. The van der Waals surface area contributed by atoms with Gasteiger partial charge in [0.25, 0.3) is 0 Å². The van der Waals surface area contributed by atoms with Crippen LogP contribution in [0.2, 0.25) is 0 Å². The number of benzene rings is 1. The van der Waals surface area contributed by atoms with Gasteiger partial charge in [0.05, 0.1) is 12.2 Å². The molecule has 3 aromatic rings. The van der Waals surface area contributed by atoms with Crippen molar-refractivity contribution in [2.75, 3.05) is 6.54 Å². The Kier molecular flexibility index (Phi) is 5.19. The fraction of sp³-hybridized carbons (Fsp3) is 0.167. The highest BCUT2D eigenvalue weighted by atomic mass is 15.3. The van der Waals surface area contributed by atoms with Gasteiger partial charge in [0, 0.05) is 37.3 Å². The summed E-state index contributed by atoms with van der Waals surface area (Å²) in [5, 5.41) is 7.31. The Hall–Kier alpha value is -3.15. The molecule has 6 nitrogen and oxygen atoms in total. The summed E-state index contributed by atoms with van der Waals surface area (Å²) < 4.78 is 1.82. The van der Waals surface area contributed by atoms with Crippen molar-refractivity contribution in [2.45, 2.75) is 13.0 Å². The first-order valence-corrected chi connectivity index (χ1v) is 7.84. The van der Waals surface area contributed by atoms with Gasteiger partial charge in [-0.3, -0.25) is 4.98 Å². The molecule has 6 heteroatoms. The van der Waals surface area contributed by atoms with E-state index in [0.29, 0.717) is 19.0 Å². The average molecular weight is 320 g/mol. The first kappa shape index (κ1) is 15.7. The van der Waals surface area contributed by atoms with Crippen LogP contribution in [0.25, 0.3) is 5.69 Å². The third-order valence-corrected chi connectivity index (χ3v) is 3.55. The second-order valence-corrected chi connectivity index (χ2v) is 5.32. The van der Waals surface area contributed by atoms with Crippen LogP contribution in [-0.4, -0.2) is 27.3 Å². The van der Waals surface area contributed by atoms with Gasteiger partial charge in [0.2, 0.25) is 0 Å². The lowest BCUT2D eigenvalue weighted by molar-refractivity contribution is 0.827. The molecule has 0 spiro atoms. The van der Waals surface area contributed by atoms with Crippen LogP contribution in [-0.2, 0) is 13.0 Å². The standard InChI is InChI=1S/C18H20N6/c19-18(21-12-9-16-4-1-2-10-20-16)22-14-15-5-7-17(8-6-15)24-13-3-11-23-24/h1-8,10-11,13H,9,12,14H2,(H3,19,21,22). The van der Waals surface area contributed by atoms with E-state index in [4.69, 9.17) is 5.73 Å². The Labute approximate surface area is 141 Å². The van der Waals surface area contributed by atoms with E-state index in [1.807, 2.05) is 59.4 Å². The summed E-state index contributed by atoms with van der Waals surface area (Å²) >= 11 is 0. The van der Waals surface area contributed by atoms with Crippen LogP contribution in [0.4, 0.5) is 0 Å². The average Bonchev–Trinajstić information content (AvgIpc) is 3.16. The fourth-order valence-corrected chi connectivity index (χ4v) is 2.27. The van der Waals surface area contributed by atoms with E-state index < -0.39 is 0 Å². The molecule has 2 heterocycles. The minimum Gasteiger partial charge on any atom is -0.370 e. The quantitative estimate of drug-likeness (QED) is 0.537. The van der Waals surface area contributed by atoms with E-state index in [2.05, 4.69) is 20.4 Å². The topological polar surface area (TPSA) is 81.1 Å². The Morgan fingerprint density at radius 3 is 2.67 bits per heavy atom. The minimum atomic E-state index is 0.446. The molecule has 0 unspecified atom stereocenters. The highest BCUT2D eigenvalue weighted by Crippen LogP contribution is 2.09. The number of pyridine rings is 1. The molecular formula is C18H20N6. The number of aliphatic imine (C=N–C) groups is 1. The number of nitrogens with two attached hydrogens (primary N) is 1. The number of hydrogen-bond acceptors (Lipinski definition) is 3. The predicted molar refractivity (Wildman–Crippen MR) is 94.8 cm³/mol. The van der Waals surface area contributed by atoms with Gasteiger partial charge in [-0.15, -0.1) is 0 Å². The largest absolute Gasteiger partial charge is 0.370 e. The number of guanidine groups is 1. The highest BCUT2D eigenvalue weighted by Gasteiger charge is 1.98. The van der Waals surface area contributed by atoms with Gasteiger partial charge in [-0.25, -0.2) is 9.67 Å². The molecule has 0 aliphatic rings. The molecule has 0 aliphatic heterocycles. The monoisotopic (exact) mass is 320 g/mol. The van der Waals surface area contributed by atoms with Gasteiger partial charge < -0.3 is 11.1 Å². The Bertz CT molecular complexity index is 763. The number of rotatable bonds is 6. The summed E-state index contributed by atoms with van der Waals surface area (Å²) in [5.74, 6) is 0.446. The van der Waals surface area contributed by atoms with Crippen LogP contribution >= 0.6 is 0 Å². The normalized spacial score (nSPS) is 11.4. The van der Waals surface area contributed by atoms with Gasteiger partial charge in [-0.2, -0.15) is 5.10 Å². The molecule has 2 aromatic heterocycles. The van der Waals surface area contributed by atoms with Crippen molar-refractivity contribution in [1.82, 2.24) is 20.1 Å². The molecule has 0 fully saturated rings. The van der Waals surface area contributed by atoms with E-state index >= 15 is 0 Å². The molecule has 3 rings (SSSR count). The molecule has 0 amide bonds. The zero-order valence-electron chi connectivity index (χ0n) is 13.3. The molecular weight excluding hydrogens is 300 g/mol. The van der Waals surface area contributed by atoms with Crippen molar-refractivity contribution >= 4 is 5.96 Å². The van der Waals surface area contributed by atoms with Crippen LogP contribution in [0.3, 0.4) is 0 Å². The number of nitrogens with one attached hydrogen (secondary N) is 1. The van der Waals surface area contributed by atoms with E-state index in [1.165, 1.54) is 0 Å². The van der Waals surface area contributed by atoms with Gasteiger partial charge in [-0.05, 0) is 35.9 Å². The molecule has 0 atom stereocenters. The maximum atomic E-state index is 5.90. The maximum Gasteiger partial charge on any atom is 0.188 e. The predicted octanol–water partition coefficient (Wildman–Crippen LogP) is 1.91. The minimum absolute atomic E-state index is 0.446. The van der Waals surface area contributed by atoms with Crippen molar-refractivity contribution in [1.29, 1.82) is 0 Å². The lowest BCUT2D eigenvalue weighted by Gasteiger charge is -2.06. The van der Waals surface area contributed by atoms with Crippen LogP contribution in [0, 0.1) is 0 Å². The van der Waals surface area contributed by atoms with E-state index in [-0.39, 0.29) is 0 Å². The number of aromatic nitrogens is 3.